The number of hydrogen-bond acceptors (Lipinski definition) is 3. The third kappa shape index (κ3) is 3.16. The van der Waals surface area contributed by atoms with Crippen LogP contribution >= 0.6 is 22.7 Å². The van der Waals surface area contributed by atoms with E-state index < -0.39 is 0 Å². The van der Waals surface area contributed by atoms with E-state index in [1.165, 1.54) is 63.2 Å². The third-order valence-electron chi connectivity index (χ3n) is 8.26. The van der Waals surface area contributed by atoms with Gasteiger partial charge >= 0.3 is 0 Å². The molecule has 0 N–H and O–H groups in total. The quantitative estimate of drug-likeness (QED) is 0.208. The molecule has 0 aliphatic carbocycles. The van der Waals surface area contributed by atoms with Crippen molar-refractivity contribution < 1.29 is 0 Å². The van der Waals surface area contributed by atoms with Crippen LogP contribution in [0.5, 0.6) is 0 Å². The molecule has 0 atom stereocenters. The predicted octanol–water partition coefficient (Wildman–Crippen LogP) is 11.1. The lowest BCUT2D eigenvalue weighted by atomic mass is 9.96. The highest BCUT2D eigenvalue weighted by molar-refractivity contribution is 7.26. The molecule has 0 fully saturated rings. The highest BCUT2D eigenvalue weighted by Gasteiger charge is 2.20. The van der Waals surface area contributed by atoms with Crippen LogP contribution in [-0.4, -0.2) is 4.57 Å². The van der Waals surface area contributed by atoms with E-state index >= 15 is 0 Å². The molecule has 0 radical (unpaired) electrons. The number of hydrogen-bond donors (Lipinski definition) is 0. The van der Waals surface area contributed by atoms with Gasteiger partial charge in [-0.05, 0) is 47.5 Å². The molecule has 0 unspecified atom stereocenters. The third-order valence-corrected chi connectivity index (χ3v) is 10.7. The van der Waals surface area contributed by atoms with Crippen LogP contribution in [0.15, 0.2) is 121 Å². The van der Waals surface area contributed by atoms with Gasteiger partial charge in [-0.3, -0.25) is 0 Å². The van der Waals surface area contributed by atoms with E-state index in [1.54, 1.807) is 11.3 Å². The van der Waals surface area contributed by atoms with Gasteiger partial charge < -0.3 is 4.57 Å². The lowest BCUT2D eigenvalue weighted by Crippen LogP contribution is -1.93. The van der Waals surface area contributed by atoms with E-state index in [0.717, 1.165) is 21.3 Å². The SMILES string of the molecule is N#Cc1ccc(-c2ccc3c(c2)sc2ccccc23)c2c1sc1c(-n3c4ccccc4c4ccccc43)cccc12. The summed E-state index contributed by atoms with van der Waals surface area (Å²) in [6.07, 6.45) is 0. The van der Waals surface area contributed by atoms with E-state index in [-0.39, 0.29) is 0 Å². The average Bonchev–Trinajstić information content (AvgIpc) is 3.70. The number of para-hydroxylation sites is 2. The van der Waals surface area contributed by atoms with Gasteiger partial charge in [-0.15, -0.1) is 22.7 Å². The summed E-state index contributed by atoms with van der Waals surface area (Å²) < 4.78 is 7.22. The van der Waals surface area contributed by atoms with Crippen LogP contribution < -0.4 is 0 Å². The maximum absolute atomic E-state index is 10.1. The number of nitriles is 1. The Labute approximate surface area is 243 Å². The highest BCUT2D eigenvalue weighted by atomic mass is 32.1. The second-order valence-electron chi connectivity index (χ2n) is 10.4. The van der Waals surface area contributed by atoms with Crippen LogP contribution in [0.3, 0.4) is 0 Å². The molecule has 0 aliphatic rings. The summed E-state index contributed by atoms with van der Waals surface area (Å²) in [6, 6.07) is 45.9. The number of nitrogens with zero attached hydrogens (tertiary/aromatic N) is 2. The van der Waals surface area contributed by atoms with E-state index in [2.05, 4.69) is 126 Å². The van der Waals surface area contributed by atoms with Crippen molar-refractivity contribution in [1.29, 1.82) is 5.26 Å². The Morgan fingerprint density at radius 3 is 2.00 bits per heavy atom. The first kappa shape index (κ1) is 22.8. The second-order valence-corrected chi connectivity index (χ2v) is 12.5. The largest absolute Gasteiger partial charge is 0.308 e. The van der Waals surface area contributed by atoms with Crippen molar-refractivity contribution in [2.45, 2.75) is 0 Å². The molecule has 0 saturated carbocycles. The van der Waals surface area contributed by atoms with Gasteiger partial charge in [0, 0.05) is 41.7 Å². The lowest BCUT2D eigenvalue weighted by molar-refractivity contribution is 1.20. The van der Waals surface area contributed by atoms with E-state index in [1.807, 2.05) is 17.4 Å². The van der Waals surface area contributed by atoms with Gasteiger partial charge in [0.15, 0.2) is 0 Å². The summed E-state index contributed by atoms with van der Waals surface area (Å²) >= 11 is 3.57. The second kappa shape index (κ2) is 8.52. The van der Waals surface area contributed by atoms with Crippen LogP contribution in [0.2, 0.25) is 0 Å². The molecular formula is C37H20N2S2. The van der Waals surface area contributed by atoms with Gasteiger partial charge in [0.25, 0.3) is 0 Å². The minimum atomic E-state index is 0.723. The zero-order valence-electron chi connectivity index (χ0n) is 21.8. The van der Waals surface area contributed by atoms with Crippen LogP contribution in [0.1, 0.15) is 5.56 Å². The summed E-state index contributed by atoms with van der Waals surface area (Å²) in [4.78, 5) is 0. The molecule has 190 valence electrons. The molecule has 9 aromatic rings. The molecule has 0 bridgehead atoms. The fraction of sp³-hybridized carbons (Fsp3) is 0. The molecule has 3 heterocycles. The van der Waals surface area contributed by atoms with Gasteiger partial charge in [-0.2, -0.15) is 5.26 Å². The smallest absolute Gasteiger partial charge is 0.101 e. The van der Waals surface area contributed by atoms with Crippen LogP contribution in [0, 0.1) is 11.3 Å². The maximum Gasteiger partial charge on any atom is 0.101 e. The molecule has 0 saturated heterocycles. The van der Waals surface area contributed by atoms with Crippen molar-refractivity contribution in [2.75, 3.05) is 0 Å². The first-order chi connectivity index (χ1) is 20.3. The molecule has 0 aliphatic heterocycles. The zero-order valence-corrected chi connectivity index (χ0v) is 23.4. The molecule has 3 aromatic heterocycles. The normalized spacial score (nSPS) is 11.9. The Morgan fingerprint density at radius 2 is 1.22 bits per heavy atom. The highest BCUT2D eigenvalue weighted by Crippen LogP contribution is 2.46. The van der Waals surface area contributed by atoms with Gasteiger partial charge in [-0.1, -0.05) is 84.9 Å². The maximum atomic E-state index is 10.1. The summed E-state index contributed by atoms with van der Waals surface area (Å²) in [5, 5.41) is 17.6. The Hall–Kier alpha value is -4.95. The molecule has 6 aromatic carbocycles. The van der Waals surface area contributed by atoms with Crippen molar-refractivity contribution in [3.63, 3.8) is 0 Å². The molecular weight excluding hydrogens is 537 g/mol. The van der Waals surface area contributed by atoms with Crippen molar-refractivity contribution >= 4 is 84.8 Å². The van der Waals surface area contributed by atoms with Gasteiger partial charge in [0.2, 0.25) is 0 Å². The predicted molar refractivity (Wildman–Crippen MR) is 177 cm³/mol. The fourth-order valence-corrected chi connectivity index (χ4v) is 8.91. The number of rotatable bonds is 2. The topological polar surface area (TPSA) is 28.7 Å². The van der Waals surface area contributed by atoms with Gasteiger partial charge in [0.1, 0.15) is 6.07 Å². The van der Waals surface area contributed by atoms with Crippen LogP contribution in [0.4, 0.5) is 0 Å². The molecule has 41 heavy (non-hydrogen) atoms. The van der Waals surface area contributed by atoms with Crippen LogP contribution in [0.25, 0.3) is 79.0 Å². The summed E-state index contributed by atoms with van der Waals surface area (Å²) in [6.45, 7) is 0. The molecule has 4 heteroatoms. The van der Waals surface area contributed by atoms with E-state index in [0.29, 0.717) is 0 Å². The minimum Gasteiger partial charge on any atom is -0.308 e. The summed E-state index contributed by atoms with van der Waals surface area (Å²) in [7, 11) is 0. The monoisotopic (exact) mass is 556 g/mol. The fourth-order valence-electron chi connectivity index (χ4n) is 6.47. The summed E-state index contributed by atoms with van der Waals surface area (Å²) in [5.74, 6) is 0. The van der Waals surface area contributed by atoms with Crippen molar-refractivity contribution in [3.8, 4) is 22.9 Å². The standard InChI is InChI=1S/C37H20N2S2/c38-21-23-17-18-24(22-16-19-28-27-10-3-6-15-33(27)40-34(28)20-22)35-29-11-7-14-32(37(29)41-36(23)35)39-30-12-4-1-8-25(30)26-9-2-5-13-31(26)39/h1-20H. The molecule has 2 nitrogen and oxygen atoms in total. The number of fused-ring (bicyclic) bond motifs is 9. The van der Waals surface area contributed by atoms with Crippen LogP contribution in [-0.2, 0) is 0 Å². The first-order valence-corrected chi connectivity index (χ1v) is 15.2. The Kier molecular flexibility index (Phi) is 4.74. The molecule has 0 spiro atoms. The minimum absolute atomic E-state index is 0.723. The summed E-state index contributed by atoms with van der Waals surface area (Å²) in [5.41, 5.74) is 6.60. The van der Waals surface area contributed by atoms with E-state index in [4.69, 9.17) is 0 Å². The van der Waals surface area contributed by atoms with Gasteiger partial charge in [0.05, 0.1) is 31.7 Å². The zero-order chi connectivity index (χ0) is 27.1. The molecule has 0 amide bonds. The Bertz CT molecular complexity index is 2500. The number of benzene rings is 6. The lowest BCUT2D eigenvalue weighted by Gasteiger charge is -2.10. The molecule has 9 rings (SSSR count). The van der Waals surface area contributed by atoms with Gasteiger partial charge in [-0.25, -0.2) is 0 Å². The van der Waals surface area contributed by atoms with Crippen molar-refractivity contribution in [1.82, 2.24) is 4.57 Å². The Balaban J connectivity index is 1.37. The van der Waals surface area contributed by atoms with E-state index in [9.17, 15) is 5.26 Å². The number of thiophene rings is 2. The average molecular weight is 557 g/mol. The first-order valence-electron chi connectivity index (χ1n) is 13.6. The number of aromatic nitrogens is 1. The van der Waals surface area contributed by atoms with Crippen molar-refractivity contribution in [2.24, 2.45) is 0 Å². The van der Waals surface area contributed by atoms with Crippen molar-refractivity contribution in [3.05, 3.63) is 127 Å². The Morgan fingerprint density at radius 1 is 0.537 bits per heavy atom.